The predicted octanol–water partition coefficient (Wildman–Crippen LogP) is 3.11. The fraction of sp³-hybridized carbons (Fsp3) is 0.562. The first-order chi connectivity index (χ1) is 9.38. The summed E-state index contributed by atoms with van der Waals surface area (Å²) in [5, 5.41) is 0.666. The highest BCUT2D eigenvalue weighted by molar-refractivity contribution is 6.30. The summed E-state index contributed by atoms with van der Waals surface area (Å²) in [6.45, 7) is 8.27. The Morgan fingerprint density at radius 3 is 2.65 bits per heavy atom. The zero-order chi connectivity index (χ0) is 15.2. The van der Waals surface area contributed by atoms with Crippen LogP contribution < -0.4 is 5.73 Å². The molecule has 0 aliphatic carbocycles. The molecule has 0 radical (unpaired) electrons. The third-order valence-corrected chi connectivity index (χ3v) is 3.50. The maximum atomic E-state index is 12.4. The van der Waals surface area contributed by atoms with E-state index in [0.717, 1.165) is 18.5 Å². The second kappa shape index (κ2) is 7.65. The molecular formula is C16H25ClN2O. The van der Waals surface area contributed by atoms with Gasteiger partial charge in [-0.3, -0.25) is 4.79 Å². The minimum Gasteiger partial charge on any atom is -0.342 e. The molecule has 1 rings (SSSR count). The van der Waals surface area contributed by atoms with E-state index in [0.29, 0.717) is 24.5 Å². The van der Waals surface area contributed by atoms with E-state index in [2.05, 4.69) is 20.8 Å². The van der Waals surface area contributed by atoms with Crippen LogP contribution >= 0.6 is 11.6 Å². The van der Waals surface area contributed by atoms with Crippen molar-refractivity contribution >= 4 is 17.5 Å². The zero-order valence-electron chi connectivity index (χ0n) is 12.7. The summed E-state index contributed by atoms with van der Waals surface area (Å²) >= 11 is 5.96. The molecule has 0 bridgehead atoms. The Morgan fingerprint density at radius 1 is 1.40 bits per heavy atom. The zero-order valence-corrected chi connectivity index (χ0v) is 13.4. The number of nitrogens with zero attached hydrogens (tertiary/aromatic N) is 1. The van der Waals surface area contributed by atoms with Crippen molar-refractivity contribution in [1.82, 2.24) is 4.90 Å². The van der Waals surface area contributed by atoms with Crippen molar-refractivity contribution in [3.63, 3.8) is 0 Å². The molecule has 0 aliphatic heterocycles. The highest BCUT2D eigenvalue weighted by Crippen LogP contribution is 2.17. The fourth-order valence-electron chi connectivity index (χ4n) is 2.08. The number of carbonyl (C=O) groups excluding carboxylic acids is 1. The molecule has 0 unspecified atom stereocenters. The van der Waals surface area contributed by atoms with E-state index in [4.69, 9.17) is 17.3 Å². The Hall–Kier alpha value is -1.06. The Balaban J connectivity index is 2.74. The molecule has 1 aromatic carbocycles. The topological polar surface area (TPSA) is 46.3 Å². The highest BCUT2D eigenvalue weighted by Gasteiger charge is 2.23. The summed E-state index contributed by atoms with van der Waals surface area (Å²) in [4.78, 5) is 14.4. The molecule has 0 aromatic heterocycles. The molecule has 1 amide bonds. The van der Waals surface area contributed by atoms with Crippen LogP contribution in [0.1, 0.15) is 32.8 Å². The SMILES string of the molecule is CCCN(CC(C)(C)CN)C(=O)Cc1cccc(Cl)c1. The Labute approximate surface area is 127 Å². The van der Waals surface area contributed by atoms with Gasteiger partial charge in [0.15, 0.2) is 0 Å². The summed E-state index contributed by atoms with van der Waals surface area (Å²) in [6, 6.07) is 7.47. The lowest BCUT2D eigenvalue weighted by atomic mass is 9.92. The van der Waals surface area contributed by atoms with Gasteiger partial charge in [0.2, 0.25) is 5.91 Å². The average Bonchev–Trinajstić information content (AvgIpc) is 2.38. The highest BCUT2D eigenvalue weighted by atomic mass is 35.5. The number of rotatable bonds is 7. The summed E-state index contributed by atoms with van der Waals surface area (Å²) < 4.78 is 0. The molecule has 4 heteroatoms. The third-order valence-electron chi connectivity index (χ3n) is 3.26. The lowest BCUT2D eigenvalue weighted by molar-refractivity contribution is -0.131. The van der Waals surface area contributed by atoms with Crippen molar-refractivity contribution in [2.45, 2.75) is 33.6 Å². The van der Waals surface area contributed by atoms with Crippen molar-refractivity contribution in [2.75, 3.05) is 19.6 Å². The lowest BCUT2D eigenvalue weighted by Gasteiger charge is -2.32. The van der Waals surface area contributed by atoms with Crippen molar-refractivity contribution in [3.05, 3.63) is 34.9 Å². The van der Waals surface area contributed by atoms with Crippen LogP contribution in [0.5, 0.6) is 0 Å². The van der Waals surface area contributed by atoms with E-state index in [1.165, 1.54) is 0 Å². The van der Waals surface area contributed by atoms with Gasteiger partial charge in [0.25, 0.3) is 0 Å². The van der Waals surface area contributed by atoms with Gasteiger partial charge in [-0.15, -0.1) is 0 Å². The number of benzene rings is 1. The number of hydrogen-bond acceptors (Lipinski definition) is 2. The standard InChI is InChI=1S/C16H25ClN2O/c1-4-8-19(12-16(2,3)11-18)15(20)10-13-6-5-7-14(17)9-13/h5-7,9H,4,8,10-12,18H2,1-3H3. The molecule has 20 heavy (non-hydrogen) atoms. The van der Waals surface area contributed by atoms with Gasteiger partial charge in [0.1, 0.15) is 0 Å². The molecular weight excluding hydrogens is 272 g/mol. The number of amides is 1. The van der Waals surface area contributed by atoms with Crippen molar-refractivity contribution < 1.29 is 4.79 Å². The summed E-state index contributed by atoms with van der Waals surface area (Å²) in [5.41, 5.74) is 6.66. The molecule has 0 saturated heterocycles. The van der Waals surface area contributed by atoms with Crippen molar-refractivity contribution in [2.24, 2.45) is 11.1 Å². The first-order valence-electron chi connectivity index (χ1n) is 7.10. The van der Waals surface area contributed by atoms with Gasteiger partial charge in [-0.1, -0.05) is 44.5 Å². The van der Waals surface area contributed by atoms with E-state index in [1.54, 1.807) is 0 Å². The molecule has 3 nitrogen and oxygen atoms in total. The minimum absolute atomic E-state index is 0.0564. The van der Waals surface area contributed by atoms with Gasteiger partial charge >= 0.3 is 0 Å². The maximum absolute atomic E-state index is 12.4. The monoisotopic (exact) mass is 296 g/mol. The lowest BCUT2D eigenvalue weighted by Crippen LogP contribution is -2.43. The van der Waals surface area contributed by atoms with Gasteiger partial charge in [-0.05, 0) is 36.1 Å². The Bertz CT molecular complexity index is 446. The van der Waals surface area contributed by atoms with Crippen LogP contribution in [0, 0.1) is 5.41 Å². The van der Waals surface area contributed by atoms with Crippen LogP contribution in [0.2, 0.25) is 5.02 Å². The van der Waals surface area contributed by atoms with Crippen LogP contribution in [0.25, 0.3) is 0 Å². The fourth-order valence-corrected chi connectivity index (χ4v) is 2.29. The van der Waals surface area contributed by atoms with E-state index in [-0.39, 0.29) is 11.3 Å². The first-order valence-corrected chi connectivity index (χ1v) is 7.48. The van der Waals surface area contributed by atoms with Crippen LogP contribution in [0.3, 0.4) is 0 Å². The third kappa shape index (κ3) is 5.51. The molecule has 0 fully saturated rings. The smallest absolute Gasteiger partial charge is 0.227 e. The second-order valence-electron chi connectivity index (χ2n) is 5.99. The van der Waals surface area contributed by atoms with Crippen LogP contribution in [-0.2, 0) is 11.2 Å². The average molecular weight is 297 g/mol. The van der Waals surface area contributed by atoms with Crippen LogP contribution in [0.15, 0.2) is 24.3 Å². The van der Waals surface area contributed by atoms with Crippen LogP contribution in [0.4, 0.5) is 0 Å². The maximum Gasteiger partial charge on any atom is 0.227 e. The molecule has 1 aromatic rings. The van der Waals surface area contributed by atoms with Crippen molar-refractivity contribution in [3.8, 4) is 0 Å². The molecule has 0 atom stereocenters. The normalized spacial score (nSPS) is 11.4. The largest absolute Gasteiger partial charge is 0.342 e. The molecule has 0 saturated carbocycles. The Kier molecular flexibility index (Phi) is 6.50. The number of carbonyl (C=O) groups is 1. The summed E-state index contributed by atoms with van der Waals surface area (Å²) in [5.74, 6) is 0.135. The molecule has 2 N–H and O–H groups in total. The second-order valence-corrected chi connectivity index (χ2v) is 6.43. The first kappa shape index (κ1) is 17.0. The van der Waals surface area contributed by atoms with Gasteiger partial charge in [0, 0.05) is 18.1 Å². The van der Waals surface area contributed by atoms with E-state index in [1.807, 2.05) is 29.2 Å². The number of halogens is 1. The van der Waals surface area contributed by atoms with Gasteiger partial charge < -0.3 is 10.6 Å². The summed E-state index contributed by atoms with van der Waals surface area (Å²) in [6.07, 6.45) is 1.34. The molecule has 0 aliphatic rings. The quantitative estimate of drug-likeness (QED) is 0.840. The van der Waals surface area contributed by atoms with Crippen molar-refractivity contribution in [1.29, 1.82) is 0 Å². The van der Waals surface area contributed by atoms with E-state index in [9.17, 15) is 4.79 Å². The minimum atomic E-state index is -0.0564. The van der Waals surface area contributed by atoms with Crippen LogP contribution in [-0.4, -0.2) is 30.4 Å². The summed E-state index contributed by atoms with van der Waals surface area (Å²) in [7, 11) is 0. The Morgan fingerprint density at radius 2 is 2.10 bits per heavy atom. The number of hydrogen-bond donors (Lipinski definition) is 1. The number of nitrogens with two attached hydrogens (primary N) is 1. The molecule has 112 valence electrons. The molecule has 0 heterocycles. The predicted molar refractivity (Wildman–Crippen MR) is 84.9 cm³/mol. The van der Waals surface area contributed by atoms with Gasteiger partial charge in [-0.25, -0.2) is 0 Å². The van der Waals surface area contributed by atoms with E-state index < -0.39 is 0 Å². The molecule has 0 spiro atoms. The van der Waals surface area contributed by atoms with E-state index >= 15 is 0 Å². The van der Waals surface area contributed by atoms with Gasteiger partial charge in [-0.2, -0.15) is 0 Å². The van der Waals surface area contributed by atoms with Gasteiger partial charge in [0.05, 0.1) is 6.42 Å².